The van der Waals surface area contributed by atoms with E-state index >= 15 is 0 Å². The van der Waals surface area contributed by atoms with Gasteiger partial charge in [-0.1, -0.05) is 41.3 Å². The van der Waals surface area contributed by atoms with E-state index in [9.17, 15) is 8.42 Å². The molecular formula is C15H15N3O3S3. The van der Waals surface area contributed by atoms with Crippen molar-refractivity contribution < 1.29 is 12.8 Å². The number of rotatable bonds is 8. The largest absolute Gasteiger partial charge is 0.467 e. The molecule has 3 rings (SSSR count). The number of thioether (sulfide) groups is 1. The number of nitrogens with one attached hydrogen (secondary N) is 1. The highest BCUT2D eigenvalue weighted by Gasteiger charge is 2.14. The molecule has 24 heavy (non-hydrogen) atoms. The fourth-order valence-electron chi connectivity index (χ4n) is 1.90. The van der Waals surface area contributed by atoms with Crippen LogP contribution in [0.1, 0.15) is 5.76 Å². The fraction of sp³-hybridized carbons (Fsp3) is 0.200. The summed E-state index contributed by atoms with van der Waals surface area (Å²) in [7, 11) is -3.26. The molecule has 0 fully saturated rings. The van der Waals surface area contributed by atoms with Crippen molar-refractivity contribution in [2.75, 3.05) is 16.8 Å². The zero-order chi connectivity index (χ0) is 16.8. The third-order valence-electron chi connectivity index (χ3n) is 3.08. The minimum atomic E-state index is -3.26. The van der Waals surface area contributed by atoms with E-state index in [1.807, 2.05) is 12.1 Å². The van der Waals surface area contributed by atoms with E-state index in [0.717, 1.165) is 10.1 Å². The Hall–Kier alpha value is -1.84. The summed E-state index contributed by atoms with van der Waals surface area (Å²) in [6.07, 6.45) is 1.62. The summed E-state index contributed by atoms with van der Waals surface area (Å²) in [6, 6.07) is 12.2. The third kappa shape index (κ3) is 4.59. The van der Waals surface area contributed by atoms with E-state index in [-0.39, 0.29) is 5.75 Å². The molecule has 6 nitrogen and oxygen atoms in total. The molecule has 126 valence electrons. The lowest BCUT2D eigenvalue weighted by atomic mass is 10.4. The molecule has 0 aliphatic heterocycles. The van der Waals surface area contributed by atoms with Crippen LogP contribution in [-0.4, -0.2) is 30.1 Å². The predicted octanol–water partition coefficient (Wildman–Crippen LogP) is 3.31. The maximum Gasteiger partial charge on any atom is 0.206 e. The summed E-state index contributed by atoms with van der Waals surface area (Å²) >= 11 is 2.78. The van der Waals surface area contributed by atoms with Crippen LogP contribution in [0.3, 0.4) is 0 Å². The van der Waals surface area contributed by atoms with E-state index in [4.69, 9.17) is 4.42 Å². The van der Waals surface area contributed by atoms with Gasteiger partial charge in [-0.2, -0.15) is 0 Å². The molecule has 0 atom stereocenters. The first-order valence-corrected chi connectivity index (χ1v) is 10.6. The maximum absolute atomic E-state index is 12.2. The number of nitrogens with zero attached hydrogens (tertiary/aromatic N) is 2. The molecule has 2 aromatic heterocycles. The standard InChI is InChI=1S/C15H15N3O3S3/c19-24(20,13-6-2-1-3-7-13)10-9-22-15-18-17-14(23-15)16-11-12-5-4-8-21-12/h1-8H,9-11H2,(H,16,17). The van der Waals surface area contributed by atoms with Crippen molar-refractivity contribution >= 4 is 38.1 Å². The molecule has 0 amide bonds. The number of aromatic nitrogens is 2. The number of furan rings is 1. The Morgan fingerprint density at radius 3 is 2.71 bits per heavy atom. The quantitative estimate of drug-likeness (QED) is 0.599. The van der Waals surface area contributed by atoms with Crippen LogP contribution in [0.15, 0.2) is 62.4 Å². The van der Waals surface area contributed by atoms with Gasteiger partial charge < -0.3 is 9.73 Å². The lowest BCUT2D eigenvalue weighted by Crippen LogP contribution is -2.08. The Morgan fingerprint density at radius 2 is 1.96 bits per heavy atom. The molecule has 9 heteroatoms. The Morgan fingerprint density at radius 1 is 1.12 bits per heavy atom. The van der Waals surface area contributed by atoms with E-state index in [1.54, 1.807) is 36.6 Å². The van der Waals surface area contributed by atoms with E-state index in [0.29, 0.717) is 22.3 Å². The lowest BCUT2D eigenvalue weighted by molar-refractivity contribution is 0.518. The first-order chi connectivity index (χ1) is 11.6. The number of benzene rings is 1. The number of sulfone groups is 1. The van der Waals surface area contributed by atoms with Crippen molar-refractivity contribution in [2.24, 2.45) is 0 Å². The molecule has 1 aromatic carbocycles. The van der Waals surface area contributed by atoms with E-state index in [1.165, 1.54) is 23.1 Å². The van der Waals surface area contributed by atoms with Gasteiger partial charge in [0.15, 0.2) is 14.2 Å². The van der Waals surface area contributed by atoms with Gasteiger partial charge in [0.2, 0.25) is 5.13 Å². The van der Waals surface area contributed by atoms with Crippen LogP contribution in [0.2, 0.25) is 0 Å². The van der Waals surface area contributed by atoms with Gasteiger partial charge in [0.1, 0.15) is 5.76 Å². The second-order valence-corrected chi connectivity index (χ2v) is 9.22. The maximum atomic E-state index is 12.2. The summed E-state index contributed by atoms with van der Waals surface area (Å²) in [5.74, 6) is 1.31. The van der Waals surface area contributed by atoms with Crippen LogP contribution in [-0.2, 0) is 16.4 Å². The SMILES string of the molecule is O=S(=O)(CCSc1nnc(NCc2ccco2)s1)c1ccccc1. The molecule has 0 spiro atoms. The van der Waals surface area contributed by atoms with Gasteiger partial charge in [0, 0.05) is 5.75 Å². The monoisotopic (exact) mass is 381 g/mol. The Bertz CT molecular complexity index is 862. The van der Waals surface area contributed by atoms with Crippen molar-refractivity contribution in [3.63, 3.8) is 0 Å². The summed E-state index contributed by atoms with van der Waals surface area (Å²) in [6.45, 7) is 0.536. The molecular weight excluding hydrogens is 366 g/mol. The molecule has 0 saturated heterocycles. The average molecular weight is 382 g/mol. The van der Waals surface area contributed by atoms with E-state index < -0.39 is 9.84 Å². The number of hydrogen-bond donors (Lipinski definition) is 1. The zero-order valence-corrected chi connectivity index (χ0v) is 15.0. The van der Waals surface area contributed by atoms with Crippen molar-refractivity contribution in [3.05, 3.63) is 54.5 Å². The third-order valence-corrected chi connectivity index (χ3v) is 7.09. The van der Waals surface area contributed by atoms with Gasteiger partial charge >= 0.3 is 0 Å². The van der Waals surface area contributed by atoms with Crippen LogP contribution < -0.4 is 5.32 Å². The molecule has 0 unspecified atom stereocenters. The van der Waals surface area contributed by atoms with Crippen molar-refractivity contribution in [1.29, 1.82) is 0 Å². The predicted molar refractivity (Wildman–Crippen MR) is 95.2 cm³/mol. The van der Waals surface area contributed by atoms with E-state index in [2.05, 4.69) is 15.5 Å². The van der Waals surface area contributed by atoms with Crippen LogP contribution in [0.4, 0.5) is 5.13 Å². The highest BCUT2D eigenvalue weighted by molar-refractivity contribution is 8.02. The summed E-state index contributed by atoms with van der Waals surface area (Å²) < 4.78 is 30.4. The Labute approximate surface area is 148 Å². The topological polar surface area (TPSA) is 85.1 Å². The second kappa shape index (κ2) is 7.82. The molecule has 0 bridgehead atoms. The average Bonchev–Trinajstić information content (AvgIpc) is 3.25. The molecule has 3 aromatic rings. The van der Waals surface area contributed by atoms with Gasteiger partial charge in [-0.25, -0.2) is 8.42 Å². The molecule has 2 heterocycles. The smallest absolute Gasteiger partial charge is 0.206 e. The highest BCUT2D eigenvalue weighted by atomic mass is 32.2. The summed E-state index contributed by atoms with van der Waals surface area (Å²) in [4.78, 5) is 0.351. The fourth-order valence-corrected chi connectivity index (χ4v) is 5.39. The molecule has 1 N–H and O–H groups in total. The van der Waals surface area contributed by atoms with Gasteiger partial charge in [0.05, 0.1) is 23.5 Å². The zero-order valence-electron chi connectivity index (χ0n) is 12.6. The van der Waals surface area contributed by atoms with Crippen molar-refractivity contribution in [2.45, 2.75) is 15.8 Å². The minimum absolute atomic E-state index is 0.0659. The van der Waals surface area contributed by atoms with Crippen LogP contribution >= 0.6 is 23.1 Å². The number of anilines is 1. The lowest BCUT2D eigenvalue weighted by Gasteiger charge is -2.02. The van der Waals surface area contributed by atoms with Gasteiger partial charge in [-0.05, 0) is 24.3 Å². The number of hydrogen-bond acceptors (Lipinski definition) is 8. The van der Waals surface area contributed by atoms with Crippen molar-refractivity contribution in [3.8, 4) is 0 Å². The van der Waals surface area contributed by atoms with Gasteiger partial charge in [-0.3, -0.25) is 0 Å². The molecule has 0 saturated carbocycles. The van der Waals surface area contributed by atoms with Crippen LogP contribution in [0.5, 0.6) is 0 Å². The summed E-state index contributed by atoms with van der Waals surface area (Å²) in [5.41, 5.74) is 0. The molecule has 0 radical (unpaired) electrons. The minimum Gasteiger partial charge on any atom is -0.467 e. The summed E-state index contributed by atoms with van der Waals surface area (Å²) in [5, 5.41) is 11.9. The second-order valence-electron chi connectivity index (χ2n) is 4.79. The Balaban J connectivity index is 1.49. The molecule has 0 aliphatic carbocycles. The Kier molecular flexibility index (Phi) is 5.54. The van der Waals surface area contributed by atoms with Crippen molar-refractivity contribution in [1.82, 2.24) is 10.2 Å². The van der Waals surface area contributed by atoms with Gasteiger partial charge in [-0.15, -0.1) is 10.2 Å². The first-order valence-electron chi connectivity index (χ1n) is 7.14. The first kappa shape index (κ1) is 17.0. The molecule has 0 aliphatic rings. The van der Waals surface area contributed by atoms with Crippen LogP contribution in [0, 0.1) is 0 Å². The highest BCUT2D eigenvalue weighted by Crippen LogP contribution is 2.26. The normalized spacial score (nSPS) is 11.5. The van der Waals surface area contributed by atoms with Crippen LogP contribution in [0.25, 0.3) is 0 Å². The van der Waals surface area contributed by atoms with Gasteiger partial charge in [0.25, 0.3) is 0 Å².